The molecule has 0 spiro atoms. The zero-order valence-electron chi connectivity index (χ0n) is 4.70. The lowest BCUT2D eigenvalue weighted by Crippen LogP contribution is -1.84. The normalized spacial score (nSPS) is 25.6. The molecule has 0 aromatic heterocycles. The maximum absolute atomic E-state index is 10.3. The maximum Gasteiger partial charge on any atom is 0.165 e. The van der Waals surface area contributed by atoms with E-state index >= 15 is 0 Å². The van der Waals surface area contributed by atoms with Crippen LogP contribution in [-0.4, -0.2) is 11.9 Å². The van der Waals surface area contributed by atoms with Gasteiger partial charge in [0.1, 0.15) is 0 Å². The molecule has 0 radical (unpaired) electrons. The number of carbonyl (C=O) groups excluding carboxylic acids is 1. The first-order valence-corrected chi connectivity index (χ1v) is 4.58. The molecule has 2 heteroatoms. The Morgan fingerprint density at radius 3 is 2.12 bits per heavy atom. The molecule has 1 rings (SSSR count). The summed E-state index contributed by atoms with van der Waals surface area (Å²) in [6.45, 7) is 0. The van der Waals surface area contributed by atoms with Gasteiger partial charge in [0.05, 0.1) is 0 Å². The van der Waals surface area contributed by atoms with Crippen LogP contribution < -0.4 is 0 Å². The van der Waals surface area contributed by atoms with Crippen LogP contribution in [0.1, 0.15) is 0 Å². The summed E-state index contributed by atoms with van der Waals surface area (Å²) in [7, 11) is -1.08. The van der Waals surface area contributed by atoms with Gasteiger partial charge in [0, 0.05) is 0 Å². The molecule has 8 heavy (non-hydrogen) atoms. The van der Waals surface area contributed by atoms with Crippen LogP contribution in [-0.2, 0) is 4.79 Å². The van der Waals surface area contributed by atoms with E-state index in [1.807, 2.05) is 29.2 Å². The van der Waals surface area contributed by atoms with Crippen LogP contribution in [0.15, 0.2) is 23.0 Å². The van der Waals surface area contributed by atoms with Gasteiger partial charge < -0.3 is 0 Å². The fourth-order valence-electron chi connectivity index (χ4n) is 0.539. The molecule has 0 N–H and O–H groups in total. The van der Waals surface area contributed by atoms with Gasteiger partial charge in [-0.3, -0.25) is 4.79 Å². The largest absolute Gasteiger partial charge is 0.292 e. The molecule has 0 bridgehead atoms. The predicted octanol–water partition coefficient (Wildman–Crippen LogP) is 1.65. The zero-order valence-corrected chi connectivity index (χ0v) is 5.52. The Kier molecular flexibility index (Phi) is 1.26. The zero-order chi connectivity index (χ0) is 6.04. The molecule has 44 valence electrons. The molecule has 0 aromatic rings. The Morgan fingerprint density at radius 1 is 1.38 bits per heavy atom. The first-order valence-electron chi connectivity index (χ1n) is 2.35. The number of rotatable bonds is 1. The van der Waals surface area contributed by atoms with Crippen molar-refractivity contribution in [1.82, 2.24) is 0 Å². The van der Waals surface area contributed by atoms with Gasteiger partial charge in [0.2, 0.25) is 0 Å². The van der Waals surface area contributed by atoms with Gasteiger partial charge in [0.25, 0.3) is 0 Å². The van der Waals surface area contributed by atoms with Gasteiger partial charge in [0.15, 0.2) is 5.62 Å². The predicted molar refractivity (Wildman–Crippen MR) is 38.5 cm³/mol. The highest BCUT2D eigenvalue weighted by Gasteiger charge is 2.09. The first-order chi connectivity index (χ1) is 3.77. The molecular formula is C6H8OS. The maximum atomic E-state index is 10.3. The summed E-state index contributed by atoms with van der Waals surface area (Å²) in [4.78, 5) is 10.3. The molecule has 1 aliphatic heterocycles. The number of carbonyl (C=O) groups is 1. The average molecular weight is 128 g/mol. The van der Waals surface area contributed by atoms with E-state index in [0.717, 1.165) is 5.62 Å². The van der Waals surface area contributed by atoms with E-state index in [2.05, 4.69) is 0 Å². The summed E-state index contributed by atoms with van der Waals surface area (Å²) in [6, 6.07) is 0. The van der Waals surface area contributed by atoms with Crippen LogP contribution in [0.25, 0.3) is 0 Å². The van der Waals surface area contributed by atoms with E-state index in [0.29, 0.717) is 0 Å². The SMILES string of the molecule is CS1(C=O)C=CC=C1. The lowest BCUT2D eigenvalue weighted by Gasteiger charge is -2.14. The second-order valence-electron chi connectivity index (χ2n) is 1.87. The van der Waals surface area contributed by atoms with E-state index in [4.69, 9.17) is 0 Å². The average Bonchev–Trinajstić information content (AvgIpc) is 2.17. The van der Waals surface area contributed by atoms with Crippen molar-refractivity contribution < 1.29 is 4.79 Å². The monoisotopic (exact) mass is 128 g/mol. The molecule has 0 fully saturated rings. The minimum absolute atomic E-state index is 1.02. The minimum atomic E-state index is -1.08. The van der Waals surface area contributed by atoms with Crippen LogP contribution in [0.2, 0.25) is 0 Å². The van der Waals surface area contributed by atoms with Crippen molar-refractivity contribution in [2.75, 3.05) is 6.26 Å². The minimum Gasteiger partial charge on any atom is -0.292 e. The third kappa shape index (κ3) is 0.842. The summed E-state index contributed by atoms with van der Waals surface area (Å²) < 4.78 is 0. The molecule has 0 aliphatic carbocycles. The molecule has 0 unspecified atom stereocenters. The van der Waals surface area contributed by atoms with Crippen molar-refractivity contribution in [3.8, 4) is 0 Å². The van der Waals surface area contributed by atoms with Crippen LogP contribution in [0.3, 0.4) is 0 Å². The Bertz CT molecular complexity index is 146. The summed E-state index contributed by atoms with van der Waals surface area (Å²) in [5.41, 5.74) is 1.02. The van der Waals surface area contributed by atoms with Gasteiger partial charge in [-0.15, -0.1) is 10.0 Å². The van der Waals surface area contributed by atoms with Crippen LogP contribution >= 0.6 is 10.0 Å². The Hall–Kier alpha value is -0.500. The molecule has 1 aliphatic rings. The quantitative estimate of drug-likeness (QED) is 0.491. The lowest BCUT2D eigenvalue weighted by molar-refractivity contribution is 0.569. The third-order valence-electron chi connectivity index (χ3n) is 1.06. The third-order valence-corrected chi connectivity index (χ3v) is 2.96. The fourth-order valence-corrected chi connectivity index (χ4v) is 1.62. The number of allylic oxidation sites excluding steroid dienone is 2. The van der Waals surface area contributed by atoms with Crippen molar-refractivity contribution in [2.24, 2.45) is 0 Å². The van der Waals surface area contributed by atoms with Crippen LogP contribution in [0.5, 0.6) is 0 Å². The second kappa shape index (κ2) is 1.78. The molecule has 1 heterocycles. The van der Waals surface area contributed by atoms with Crippen molar-refractivity contribution in [1.29, 1.82) is 0 Å². The van der Waals surface area contributed by atoms with Gasteiger partial charge in [-0.05, 0) is 17.1 Å². The second-order valence-corrected chi connectivity index (χ2v) is 4.84. The smallest absolute Gasteiger partial charge is 0.165 e. The first kappa shape index (κ1) is 5.63. The summed E-state index contributed by atoms with van der Waals surface area (Å²) >= 11 is 0. The highest BCUT2D eigenvalue weighted by atomic mass is 32.3. The molecule has 0 saturated carbocycles. The Balaban J connectivity index is 2.83. The van der Waals surface area contributed by atoms with Gasteiger partial charge in [-0.2, -0.15) is 0 Å². The van der Waals surface area contributed by atoms with Gasteiger partial charge in [-0.25, -0.2) is 0 Å². The van der Waals surface area contributed by atoms with Gasteiger partial charge >= 0.3 is 0 Å². The number of hydrogen-bond acceptors (Lipinski definition) is 1. The standard InChI is InChI=1S/C6H8OS/c1-8(6-7)4-2-3-5-8/h2-6H,1H3. The summed E-state index contributed by atoms with van der Waals surface area (Å²) in [5.74, 6) is 0. The number of hydrogen-bond donors (Lipinski definition) is 0. The van der Waals surface area contributed by atoms with E-state index in [9.17, 15) is 4.79 Å². The van der Waals surface area contributed by atoms with Gasteiger partial charge in [-0.1, -0.05) is 12.2 Å². The Morgan fingerprint density at radius 2 is 1.88 bits per heavy atom. The summed E-state index contributed by atoms with van der Waals surface area (Å²) in [6.07, 6.45) is 5.80. The molecule has 0 aromatic carbocycles. The lowest BCUT2D eigenvalue weighted by atomic mass is 10.6. The molecule has 0 saturated heterocycles. The molecular weight excluding hydrogens is 120 g/mol. The molecule has 0 atom stereocenters. The van der Waals surface area contributed by atoms with E-state index in [-0.39, 0.29) is 0 Å². The summed E-state index contributed by atoms with van der Waals surface area (Å²) in [5, 5.41) is 3.92. The Labute approximate surface area is 50.4 Å². The van der Waals surface area contributed by atoms with Crippen LogP contribution in [0, 0.1) is 0 Å². The fraction of sp³-hybridized carbons (Fsp3) is 0.167. The topological polar surface area (TPSA) is 17.1 Å². The highest BCUT2D eigenvalue weighted by Crippen LogP contribution is 2.46. The van der Waals surface area contributed by atoms with Crippen molar-refractivity contribution >= 4 is 15.6 Å². The van der Waals surface area contributed by atoms with E-state index in [1.54, 1.807) is 0 Å². The van der Waals surface area contributed by atoms with Crippen molar-refractivity contribution in [3.63, 3.8) is 0 Å². The van der Waals surface area contributed by atoms with Crippen LogP contribution in [0.4, 0.5) is 0 Å². The van der Waals surface area contributed by atoms with Crippen molar-refractivity contribution in [2.45, 2.75) is 0 Å². The van der Waals surface area contributed by atoms with E-state index in [1.165, 1.54) is 0 Å². The van der Waals surface area contributed by atoms with E-state index < -0.39 is 10.0 Å². The van der Waals surface area contributed by atoms with Crippen molar-refractivity contribution in [3.05, 3.63) is 23.0 Å². The highest BCUT2D eigenvalue weighted by molar-refractivity contribution is 8.47. The molecule has 0 amide bonds. The molecule has 1 nitrogen and oxygen atoms in total.